The number of ether oxygens (including phenoxy) is 1. The largest absolute Gasteiger partial charge is 0.486 e. The van der Waals surface area contributed by atoms with E-state index in [1.54, 1.807) is 0 Å². The molecule has 0 saturated carbocycles. The van der Waals surface area contributed by atoms with E-state index in [1.165, 1.54) is 89.4 Å². The predicted molar refractivity (Wildman–Crippen MR) is 363 cm³/mol. The Morgan fingerprint density at radius 2 is 1.48 bits per heavy atom. The van der Waals surface area contributed by atoms with Gasteiger partial charge in [-0.25, -0.2) is 0 Å². The third kappa shape index (κ3) is 14.6. The first-order chi connectivity index (χ1) is 39.6. The molecule has 3 aromatic carbocycles. The molecule has 2 bridgehead atoms. The predicted octanol–water partition coefficient (Wildman–Crippen LogP) is 20.0. The summed E-state index contributed by atoms with van der Waals surface area (Å²) in [7, 11) is 0. The molecule has 0 saturated heterocycles. The van der Waals surface area contributed by atoms with Crippen LogP contribution >= 0.6 is 0 Å². The summed E-state index contributed by atoms with van der Waals surface area (Å²) in [6.07, 6.45) is 52.8. The van der Waals surface area contributed by atoms with E-state index in [0.29, 0.717) is 5.92 Å². The highest BCUT2D eigenvalue weighted by molar-refractivity contribution is 6.82. The van der Waals surface area contributed by atoms with Crippen LogP contribution in [0.15, 0.2) is 215 Å². The molecule has 434 valence electrons. The number of nitrogens with one attached hydrogen (secondary N) is 2. The van der Waals surface area contributed by atoms with E-state index in [9.17, 15) is 0 Å². The number of fused-ring (bicyclic) bond motifs is 1. The van der Waals surface area contributed by atoms with E-state index in [1.807, 2.05) is 13.8 Å². The summed E-state index contributed by atoms with van der Waals surface area (Å²) in [5, 5.41) is 7.83. The summed E-state index contributed by atoms with van der Waals surface area (Å²) >= 11 is 0. The Kier molecular flexibility index (Phi) is 18.8. The van der Waals surface area contributed by atoms with Crippen molar-refractivity contribution in [2.24, 2.45) is 28.1 Å². The molecule has 83 heavy (non-hydrogen) atoms. The van der Waals surface area contributed by atoms with Gasteiger partial charge in [0.2, 0.25) is 6.71 Å². The van der Waals surface area contributed by atoms with Crippen molar-refractivity contribution in [1.82, 2.24) is 5.32 Å². The Labute approximate surface area is 503 Å². The van der Waals surface area contributed by atoms with Crippen molar-refractivity contribution < 1.29 is 4.74 Å². The summed E-state index contributed by atoms with van der Waals surface area (Å²) < 4.78 is 6.59. The lowest BCUT2D eigenvalue weighted by atomic mass is 9.35. The molecule has 6 aliphatic carbocycles. The first kappa shape index (κ1) is 60.9. The normalized spacial score (nSPS) is 21.7. The van der Waals surface area contributed by atoms with Gasteiger partial charge in [0.25, 0.3) is 0 Å². The van der Waals surface area contributed by atoms with E-state index >= 15 is 0 Å². The van der Waals surface area contributed by atoms with Crippen LogP contribution in [0.25, 0.3) is 11.1 Å². The molecule has 0 radical (unpaired) electrons. The number of benzene rings is 3. The van der Waals surface area contributed by atoms with Crippen LogP contribution in [0.5, 0.6) is 5.75 Å². The molecule has 1 heterocycles. The van der Waals surface area contributed by atoms with Crippen molar-refractivity contribution in [2.45, 2.75) is 173 Å². The fraction of sp³-hybridized carbons (Fsp3) is 0.410. The third-order valence-electron chi connectivity index (χ3n) is 18.1. The molecule has 2 N–H and O–H groups in total. The topological polar surface area (TPSA) is 36.5 Å². The lowest BCUT2D eigenvalue weighted by Gasteiger charge is -2.37. The van der Waals surface area contributed by atoms with Gasteiger partial charge < -0.3 is 20.3 Å². The van der Waals surface area contributed by atoms with Crippen molar-refractivity contribution in [3.05, 3.63) is 238 Å². The second-order valence-corrected chi connectivity index (χ2v) is 28.1. The molecular formula is C78H98BN3O. The monoisotopic (exact) mass is 1100 g/mol. The quantitative estimate of drug-likeness (QED) is 0.158. The van der Waals surface area contributed by atoms with E-state index in [-0.39, 0.29) is 46.4 Å². The molecule has 0 spiro atoms. The Morgan fingerprint density at radius 1 is 0.711 bits per heavy atom. The second-order valence-electron chi connectivity index (χ2n) is 28.1. The zero-order chi connectivity index (χ0) is 59.3. The first-order valence-electron chi connectivity index (χ1n) is 31.6. The molecule has 0 aromatic heterocycles. The molecule has 0 fully saturated rings. The summed E-state index contributed by atoms with van der Waals surface area (Å²) in [6.45, 7) is 35.7. The zero-order valence-corrected chi connectivity index (χ0v) is 53.3. The number of para-hydroxylation sites is 1. The van der Waals surface area contributed by atoms with Crippen LogP contribution in [0.4, 0.5) is 11.4 Å². The summed E-state index contributed by atoms with van der Waals surface area (Å²) in [5.74, 6) is 1.62. The molecule has 5 heteroatoms. The summed E-state index contributed by atoms with van der Waals surface area (Å²) in [5.41, 5.74) is 21.6. The van der Waals surface area contributed by atoms with Gasteiger partial charge in [-0.3, -0.25) is 0 Å². The van der Waals surface area contributed by atoms with Gasteiger partial charge in [-0.1, -0.05) is 247 Å². The van der Waals surface area contributed by atoms with Gasteiger partial charge >= 0.3 is 0 Å². The number of allylic oxidation sites excluding steroid dienone is 20. The Hall–Kier alpha value is -6.72. The standard InChI is InChI=1S/C76H92BN3O.C2H6/c1-52-65(29-22-31-72(52)81-64-26-18-15-19-27-64)55-32-38-63(39-33-55)80(43-23-42-78-62-37-34-57(48-62)73(2,3)4)71-41-36-59(75(8,9)10)50-68(71)77-51-60(76(11,12)13)45-53-44-56(47-61(77)46-53)67-49-58(74(5,6)7)35-40-70(67)79-69-30-21-20-28-66(69)54-24-16-14-17-25-54;1-2/h15-16,18-26,28-38,40-42,45-47,50,56,58,63-64,78-79H,14,17,27,39,43-44,48-49,51H2,1-13H3;1-2H3/b42-23+;. The third-order valence-corrected chi connectivity index (χ3v) is 18.1. The molecule has 4 nitrogen and oxygen atoms in total. The maximum absolute atomic E-state index is 6.59. The van der Waals surface area contributed by atoms with Gasteiger partial charge in [0.15, 0.2) is 0 Å². The van der Waals surface area contributed by atoms with Crippen molar-refractivity contribution in [1.29, 1.82) is 0 Å². The summed E-state index contributed by atoms with van der Waals surface area (Å²) in [4.78, 5) is 2.70. The van der Waals surface area contributed by atoms with Gasteiger partial charge in [-0.05, 0) is 161 Å². The average Bonchev–Trinajstić information content (AvgIpc) is 4.02. The van der Waals surface area contributed by atoms with Crippen LogP contribution in [0.3, 0.4) is 0 Å². The van der Waals surface area contributed by atoms with Gasteiger partial charge in [0.1, 0.15) is 11.9 Å². The first-order valence-corrected chi connectivity index (χ1v) is 31.6. The zero-order valence-electron chi connectivity index (χ0n) is 53.3. The molecule has 4 atom stereocenters. The Morgan fingerprint density at radius 3 is 2.17 bits per heavy atom. The van der Waals surface area contributed by atoms with E-state index < -0.39 is 0 Å². The smallest absolute Gasteiger partial charge is 0.215 e. The number of anilines is 2. The van der Waals surface area contributed by atoms with Crippen LogP contribution < -0.4 is 25.7 Å². The van der Waals surface area contributed by atoms with Crippen molar-refractivity contribution >= 4 is 34.7 Å². The van der Waals surface area contributed by atoms with Crippen molar-refractivity contribution in [3.8, 4) is 5.75 Å². The Balaban J connectivity index is 0.00000410. The highest BCUT2D eigenvalue weighted by Crippen LogP contribution is 2.47. The van der Waals surface area contributed by atoms with E-state index in [2.05, 4.69) is 282 Å². The highest BCUT2D eigenvalue weighted by atomic mass is 16.5. The fourth-order valence-electron chi connectivity index (χ4n) is 12.8. The minimum atomic E-state index is -0.0429. The number of rotatable bonds is 14. The minimum absolute atomic E-state index is 0.0140. The molecule has 1 aliphatic heterocycles. The molecule has 10 rings (SSSR count). The fourth-order valence-corrected chi connectivity index (χ4v) is 12.8. The van der Waals surface area contributed by atoms with Gasteiger partial charge in [-0.15, -0.1) is 0 Å². The van der Waals surface area contributed by atoms with Crippen LogP contribution in [0.1, 0.15) is 164 Å². The highest BCUT2D eigenvalue weighted by Gasteiger charge is 2.38. The van der Waals surface area contributed by atoms with Crippen LogP contribution in [-0.4, -0.2) is 25.4 Å². The SMILES string of the molecule is CC.Cc1c(OC2C=CC=CC2)cccc1C1=CCC(N(C/C=C/NC2=CC=C(C(C)(C)C)C2)c2ccc(C(C)(C)C)cc2B2CC(C(C)(C)C)=CC3=CC2=CC(C2=C(Nc4ccccc4C4=CCCC=C4)C=CC(C(C)(C)C)C2)C3)C=C1. The lowest BCUT2D eigenvalue weighted by molar-refractivity contribution is 0.250. The number of nitrogens with zero attached hydrogens (tertiary/aromatic N) is 1. The van der Waals surface area contributed by atoms with Crippen molar-refractivity contribution in [3.63, 3.8) is 0 Å². The second kappa shape index (κ2) is 25.6. The van der Waals surface area contributed by atoms with E-state index in [4.69, 9.17) is 4.74 Å². The molecule has 7 aliphatic rings. The van der Waals surface area contributed by atoms with Gasteiger partial charge in [0.05, 0.1) is 6.04 Å². The van der Waals surface area contributed by atoms with Crippen molar-refractivity contribution in [2.75, 3.05) is 16.8 Å². The maximum Gasteiger partial charge on any atom is 0.215 e. The van der Waals surface area contributed by atoms with E-state index in [0.717, 1.165) is 63.6 Å². The van der Waals surface area contributed by atoms with Crippen LogP contribution in [-0.2, 0) is 5.41 Å². The Bertz CT molecular complexity index is 3340. The number of hydrogen-bond donors (Lipinski definition) is 2. The maximum atomic E-state index is 6.59. The summed E-state index contributed by atoms with van der Waals surface area (Å²) in [6, 6.07) is 23.1. The molecule has 4 unspecified atom stereocenters. The van der Waals surface area contributed by atoms with Gasteiger partial charge in [0, 0.05) is 53.6 Å². The van der Waals surface area contributed by atoms with Gasteiger partial charge in [-0.2, -0.15) is 0 Å². The molecule has 3 aromatic rings. The average molecular weight is 1100 g/mol. The molecular weight excluding hydrogens is 1010 g/mol. The minimum Gasteiger partial charge on any atom is -0.486 e. The van der Waals surface area contributed by atoms with Crippen LogP contribution in [0, 0.1) is 35.0 Å². The lowest BCUT2D eigenvalue weighted by Crippen LogP contribution is -2.44. The van der Waals surface area contributed by atoms with Crippen LogP contribution in [0.2, 0.25) is 6.32 Å². The number of hydrogen-bond acceptors (Lipinski definition) is 4. The molecule has 0 amide bonds.